The Morgan fingerprint density at radius 3 is 2.06 bits per heavy atom. The molecule has 0 spiro atoms. The predicted molar refractivity (Wildman–Crippen MR) is 81.1 cm³/mol. The zero-order valence-electron chi connectivity index (χ0n) is 12.5. The number of hydrogen-bond acceptors (Lipinski definition) is 1. The molecule has 102 valence electrons. The van der Waals surface area contributed by atoms with Gasteiger partial charge in [0.15, 0.2) is 0 Å². The molecule has 1 rings (SSSR count). The Hall–Kier alpha value is -0.820. The highest BCUT2D eigenvalue weighted by atomic mass is 14.9. The molecule has 0 aliphatic carbocycles. The van der Waals surface area contributed by atoms with Gasteiger partial charge < -0.3 is 5.32 Å². The van der Waals surface area contributed by atoms with Gasteiger partial charge in [-0.25, -0.2) is 0 Å². The van der Waals surface area contributed by atoms with E-state index in [-0.39, 0.29) is 0 Å². The van der Waals surface area contributed by atoms with Gasteiger partial charge in [-0.2, -0.15) is 0 Å². The first-order valence-corrected chi connectivity index (χ1v) is 7.56. The van der Waals surface area contributed by atoms with Crippen LogP contribution in [0, 0.1) is 0 Å². The normalized spacial score (nSPS) is 14.4. The first-order chi connectivity index (χ1) is 8.72. The van der Waals surface area contributed by atoms with Crippen molar-refractivity contribution in [1.82, 2.24) is 5.32 Å². The van der Waals surface area contributed by atoms with E-state index in [1.165, 1.54) is 36.8 Å². The molecule has 2 atom stereocenters. The number of nitrogens with one attached hydrogen (secondary N) is 1. The van der Waals surface area contributed by atoms with Gasteiger partial charge in [-0.05, 0) is 42.9 Å². The Morgan fingerprint density at radius 2 is 1.56 bits per heavy atom. The largest absolute Gasteiger partial charge is 0.310 e. The minimum atomic E-state index is 0.529. The quantitative estimate of drug-likeness (QED) is 0.678. The van der Waals surface area contributed by atoms with Crippen molar-refractivity contribution in [2.45, 2.75) is 65.3 Å². The van der Waals surface area contributed by atoms with Crippen LogP contribution in [0.25, 0.3) is 0 Å². The van der Waals surface area contributed by atoms with E-state index < -0.39 is 0 Å². The molecule has 1 aromatic carbocycles. The van der Waals surface area contributed by atoms with Crippen LogP contribution in [-0.4, -0.2) is 6.54 Å². The maximum absolute atomic E-state index is 3.65. The molecule has 18 heavy (non-hydrogen) atoms. The van der Waals surface area contributed by atoms with E-state index in [1.54, 1.807) is 0 Å². The zero-order valence-corrected chi connectivity index (χ0v) is 12.5. The molecule has 1 N–H and O–H groups in total. The Morgan fingerprint density at radius 1 is 0.944 bits per heavy atom. The van der Waals surface area contributed by atoms with Gasteiger partial charge in [-0.1, -0.05) is 58.4 Å². The molecule has 0 saturated carbocycles. The molecule has 0 fully saturated rings. The van der Waals surface area contributed by atoms with Gasteiger partial charge in [0.05, 0.1) is 0 Å². The molecule has 0 heterocycles. The summed E-state index contributed by atoms with van der Waals surface area (Å²) in [7, 11) is 0. The molecule has 0 bridgehead atoms. The van der Waals surface area contributed by atoms with E-state index in [4.69, 9.17) is 0 Å². The van der Waals surface area contributed by atoms with Crippen molar-refractivity contribution in [2.24, 2.45) is 0 Å². The summed E-state index contributed by atoms with van der Waals surface area (Å²) in [6.07, 6.45) is 4.87. The summed E-state index contributed by atoms with van der Waals surface area (Å²) in [4.78, 5) is 0. The van der Waals surface area contributed by atoms with E-state index in [0.717, 1.165) is 6.54 Å². The maximum Gasteiger partial charge on any atom is 0.0320 e. The van der Waals surface area contributed by atoms with Gasteiger partial charge in [-0.3, -0.25) is 0 Å². The lowest BCUT2D eigenvalue weighted by molar-refractivity contribution is 0.494. The molecule has 0 amide bonds. The fourth-order valence-corrected chi connectivity index (χ4v) is 2.29. The summed E-state index contributed by atoms with van der Waals surface area (Å²) in [5, 5.41) is 3.65. The van der Waals surface area contributed by atoms with E-state index in [0.29, 0.717) is 12.0 Å². The Labute approximate surface area is 113 Å². The molecular weight excluding hydrogens is 218 g/mol. The molecule has 0 saturated heterocycles. The lowest BCUT2D eigenvalue weighted by Gasteiger charge is -2.19. The monoisotopic (exact) mass is 247 g/mol. The Balaban J connectivity index is 2.73. The molecule has 0 aliphatic heterocycles. The van der Waals surface area contributed by atoms with Crippen LogP contribution in [0.5, 0.6) is 0 Å². The smallest absolute Gasteiger partial charge is 0.0320 e. The first-order valence-electron chi connectivity index (χ1n) is 7.56. The van der Waals surface area contributed by atoms with E-state index in [2.05, 4.69) is 57.3 Å². The molecular formula is C17H29N. The second-order valence-electron chi connectivity index (χ2n) is 5.27. The van der Waals surface area contributed by atoms with E-state index >= 15 is 0 Å². The maximum atomic E-state index is 3.65. The SMILES string of the molecule is CCCNC(CCC)c1ccc(C(C)CC)cc1. The van der Waals surface area contributed by atoms with Crippen molar-refractivity contribution < 1.29 is 0 Å². The number of rotatable bonds is 8. The van der Waals surface area contributed by atoms with Gasteiger partial charge in [-0.15, -0.1) is 0 Å². The fraction of sp³-hybridized carbons (Fsp3) is 0.647. The molecule has 0 aliphatic rings. The zero-order chi connectivity index (χ0) is 13.4. The van der Waals surface area contributed by atoms with Crippen LogP contribution in [-0.2, 0) is 0 Å². The average molecular weight is 247 g/mol. The summed E-state index contributed by atoms with van der Waals surface area (Å²) in [5.41, 5.74) is 2.91. The lowest BCUT2D eigenvalue weighted by atomic mass is 9.95. The van der Waals surface area contributed by atoms with Crippen molar-refractivity contribution in [2.75, 3.05) is 6.54 Å². The van der Waals surface area contributed by atoms with Gasteiger partial charge in [0.25, 0.3) is 0 Å². The number of benzene rings is 1. The first kappa shape index (κ1) is 15.2. The lowest BCUT2D eigenvalue weighted by Crippen LogP contribution is -2.22. The highest BCUT2D eigenvalue weighted by Crippen LogP contribution is 2.23. The van der Waals surface area contributed by atoms with Crippen LogP contribution in [0.1, 0.15) is 76.5 Å². The fourth-order valence-electron chi connectivity index (χ4n) is 2.29. The molecule has 0 radical (unpaired) electrons. The van der Waals surface area contributed by atoms with Crippen LogP contribution >= 0.6 is 0 Å². The van der Waals surface area contributed by atoms with Crippen molar-refractivity contribution in [3.63, 3.8) is 0 Å². The Kier molecular flexibility index (Phi) is 7.04. The van der Waals surface area contributed by atoms with Crippen molar-refractivity contribution in [3.05, 3.63) is 35.4 Å². The van der Waals surface area contributed by atoms with Crippen LogP contribution in [0.3, 0.4) is 0 Å². The highest BCUT2D eigenvalue weighted by Gasteiger charge is 2.10. The minimum absolute atomic E-state index is 0.529. The summed E-state index contributed by atoms with van der Waals surface area (Å²) in [6.45, 7) is 10.1. The van der Waals surface area contributed by atoms with Crippen molar-refractivity contribution in [1.29, 1.82) is 0 Å². The summed E-state index contributed by atoms with van der Waals surface area (Å²) < 4.78 is 0. The van der Waals surface area contributed by atoms with Gasteiger partial charge >= 0.3 is 0 Å². The Bertz CT molecular complexity index is 315. The molecule has 1 aromatic rings. The second-order valence-corrected chi connectivity index (χ2v) is 5.27. The summed E-state index contributed by atoms with van der Waals surface area (Å²) in [5.74, 6) is 0.673. The van der Waals surface area contributed by atoms with Crippen LogP contribution < -0.4 is 5.32 Å². The van der Waals surface area contributed by atoms with Gasteiger partial charge in [0, 0.05) is 6.04 Å². The van der Waals surface area contributed by atoms with Gasteiger partial charge in [0.2, 0.25) is 0 Å². The molecule has 1 nitrogen and oxygen atoms in total. The van der Waals surface area contributed by atoms with Crippen LogP contribution in [0.15, 0.2) is 24.3 Å². The standard InChI is InChI=1S/C17H29N/c1-5-8-17(18-13-6-2)16-11-9-15(10-12-16)14(4)7-3/h9-12,14,17-18H,5-8,13H2,1-4H3. The third kappa shape index (κ3) is 4.45. The predicted octanol–water partition coefficient (Wildman–Crippen LogP) is 5.04. The third-order valence-corrected chi connectivity index (χ3v) is 3.74. The topological polar surface area (TPSA) is 12.0 Å². The summed E-state index contributed by atoms with van der Waals surface area (Å²) in [6, 6.07) is 9.76. The molecule has 1 heteroatoms. The molecule has 0 aromatic heterocycles. The number of hydrogen-bond donors (Lipinski definition) is 1. The van der Waals surface area contributed by atoms with Crippen molar-refractivity contribution >= 4 is 0 Å². The minimum Gasteiger partial charge on any atom is -0.310 e. The second kappa shape index (κ2) is 8.31. The highest BCUT2D eigenvalue weighted by molar-refractivity contribution is 5.27. The van der Waals surface area contributed by atoms with E-state index in [1.807, 2.05) is 0 Å². The van der Waals surface area contributed by atoms with Crippen molar-refractivity contribution in [3.8, 4) is 0 Å². The third-order valence-electron chi connectivity index (χ3n) is 3.74. The summed E-state index contributed by atoms with van der Waals surface area (Å²) >= 11 is 0. The van der Waals surface area contributed by atoms with Gasteiger partial charge in [0.1, 0.15) is 0 Å². The van der Waals surface area contributed by atoms with Crippen LogP contribution in [0.2, 0.25) is 0 Å². The van der Waals surface area contributed by atoms with E-state index in [9.17, 15) is 0 Å². The van der Waals surface area contributed by atoms with Crippen LogP contribution in [0.4, 0.5) is 0 Å². The molecule has 2 unspecified atom stereocenters. The average Bonchev–Trinajstić information content (AvgIpc) is 2.43.